The van der Waals surface area contributed by atoms with Gasteiger partial charge in [0, 0.05) is 39.0 Å². The highest BCUT2D eigenvalue weighted by molar-refractivity contribution is 5.92. The van der Waals surface area contributed by atoms with Crippen LogP contribution >= 0.6 is 0 Å². The number of hydrogen-bond donors (Lipinski definition) is 2. The monoisotopic (exact) mass is 463 g/mol. The fraction of sp³-hybridized carbons (Fsp3) is 0.360. The molecule has 0 aliphatic carbocycles. The number of amides is 1. The molecule has 0 spiro atoms. The maximum atomic E-state index is 12.1. The average Bonchev–Trinajstić information content (AvgIpc) is 2.85. The Kier molecular flexibility index (Phi) is 7.10. The fourth-order valence-corrected chi connectivity index (χ4v) is 3.90. The van der Waals surface area contributed by atoms with Crippen molar-refractivity contribution in [3.05, 3.63) is 54.1 Å². The van der Waals surface area contributed by atoms with Gasteiger partial charge in [-0.1, -0.05) is 24.3 Å². The van der Waals surface area contributed by atoms with Gasteiger partial charge >= 0.3 is 12.1 Å². The van der Waals surface area contributed by atoms with Gasteiger partial charge in [0.25, 0.3) is 0 Å². The molecule has 9 nitrogen and oxygen atoms in total. The van der Waals surface area contributed by atoms with E-state index in [-0.39, 0.29) is 6.42 Å². The summed E-state index contributed by atoms with van der Waals surface area (Å²) >= 11 is 0. The van der Waals surface area contributed by atoms with Crippen molar-refractivity contribution >= 4 is 34.7 Å². The average molecular weight is 464 g/mol. The summed E-state index contributed by atoms with van der Waals surface area (Å²) in [6.45, 7) is 1.79. The van der Waals surface area contributed by atoms with Gasteiger partial charge < -0.3 is 25.0 Å². The molecule has 4 rings (SSSR count). The third kappa shape index (κ3) is 5.54. The first kappa shape index (κ1) is 23.3. The van der Waals surface area contributed by atoms with Crippen LogP contribution in [0.5, 0.6) is 5.75 Å². The van der Waals surface area contributed by atoms with Crippen molar-refractivity contribution in [3.63, 3.8) is 0 Å². The predicted molar refractivity (Wildman–Crippen MR) is 131 cm³/mol. The number of carbonyl (C=O) groups is 2. The number of piperidine rings is 1. The number of aliphatic carboxylic acids is 1. The molecule has 3 aromatic rings. The maximum Gasteiger partial charge on any atom is 0.414 e. The van der Waals surface area contributed by atoms with E-state index >= 15 is 0 Å². The van der Waals surface area contributed by atoms with Crippen molar-refractivity contribution in [2.24, 2.45) is 0 Å². The number of carboxylic acid groups (broad SMARTS) is 1. The molecule has 34 heavy (non-hydrogen) atoms. The number of rotatable bonds is 7. The highest BCUT2D eigenvalue weighted by Crippen LogP contribution is 2.26. The zero-order valence-electron chi connectivity index (χ0n) is 19.4. The van der Waals surface area contributed by atoms with Gasteiger partial charge in [-0.15, -0.1) is 0 Å². The summed E-state index contributed by atoms with van der Waals surface area (Å²) in [4.78, 5) is 36.8. The number of fused-ring (bicyclic) bond motifs is 1. The van der Waals surface area contributed by atoms with Crippen LogP contribution in [-0.4, -0.2) is 65.3 Å². The molecule has 1 saturated heterocycles. The smallest absolute Gasteiger partial charge is 0.414 e. The Morgan fingerprint density at radius 2 is 1.76 bits per heavy atom. The number of nitrogens with one attached hydrogen (secondary N) is 1. The molecule has 1 aromatic heterocycles. The van der Waals surface area contributed by atoms with Crippen LogP contribution in [0.4, 0.5) is 16.6 Å². The summed E-state index contributed by atoms with van der Waals surface area (Å²) in [7, 11) is 3.21. The summed E-state index contributed by atoms with van der Waals surface area (Å²) in [6, 6.07) is 13.5. The molecule has 1 atom stereocenters. The second kappa shape index (κ2) is 10.4. The van der Waals surface area contributed by atoms with E-state index in [1.165, 1.54) is 11.3 Å². The second-order valence-corrected chi connectivity index (χ2v) is 8.58. The van der Waals surface area contributed by atoms with Gasteiger partial charge in [-0.25, -0.2) is 14.6 Å². The lowest BCUT2D eigenvalue weighted by Crippen LogP contribution is -2.33. The van der Waals surface area contributed by atoms with E-state index in [0.29, 0.717) is 17.5 Å². The van der Waals surface area contributed by atoms with E-state index in [4.69, 9.17) is 14.7 Å². The number of aromatic nitrogens is 2. The number of para-hydroxylation sites is 1. The van der Waals surface area contributed by atoms with Gasteiger partial charge in [0.15, 0.2) is 0 Å². The van der Waals surface area contributed by atoms with Gasteiger partial charge in [0.2, 0.25) is 5.95 Å². The molecule has 1 amide bonds. The number of benzene rings is 2. The van der Waals surface area contributed by atoms with E-state index in [2.05, 4.69) is 10.2 Å². The number of hydrogen-bond acceptors (Lipinski definition) is 7. The molecule has 0 bridgehead atoms. The fourth-order valence-electron chi connectivity index (χ4n) is 3.90. The van der Waals surface area contributed by atoms with Crippen LogP contribution in [0.15, 0.2) is 48.5 Å². The van der Waals surface area contributed by atoms with Gasteiger partial charge in [-0.3, -0.25) is 0 Å². The van der Waals surface area contributed by atoms with Crippen molar-refractivity contribution in [1.82, 2.24) is 14.9 Å². The quantitative estimate of drug-likeness (QED) is 0.545. The van der Waals surface area contributed by atoms with Crippen LogP contribution < -0.4 is 15.0 Å². The minimum Gasteiger partial charge on any atom is -0.480 e. The third-order valence-corrected chi connectivity index (χ3v) is 5.77. The summed E-state index contributed by atoms with van der Waals surface area (Å²) in [6.07, 6.45) is 3.14. The number of nitrogens with zero attached hydrogens (tertiary/aromatic N) is 4. The van der Waals surface area contributed by atoms with E-state index in [1.807, 2.05) is 24.3 Å². The molecule has 2 N–H and O–H groups in total. The standard InChI is InChI=1S/C25H29N5O4/c1-29(2)25(33)34-18-12-10-17(11-13-18)16-21(23(31)32)26-22-19-8-4-5-9-20(19)27-24(28-22)30-14-6-3-7-15-30/h4-5,8-13,21H,3,6-7,14-16H2,1-2H3,(H,31,32)(H,26,27,28)/t21-/m0/s1. The number of carboxylic acids is 1. The van der Waals surface area contributed by atoms with Crippen molar-refractivity contribution in [1.29, 1.82) is 0 Å². The van der Waals surface area contributed by atoms with Crippen molar-refractivity contribution in [3.8, 4) is 5.75 Å². The van der Waals surface area contributed by atoms with Crippen LogP contribution in [0.2, 0.25) is 0 Å². The lowest BCUT2D eigenvalue weighted by Gasteiger charge is -2.27. The Balaban J connectivity index is 1.56. The normalized spacial score (nSPS) is 14.5. The summed E-state index contributed by atoms with van der Waals surface area (Å²) < 4.78 is 5.23. The predicted octanol–water partition coefficient (Wildman–Crippen LogP) is 3.79. The molecule has 1 aliphatic rings. The molecule has 0 radical (unpaired) electrons. The lowest BCUT2D eigenvalue weighted by molar-refractivity contribution is -0.137. The Labute approximate surface area is 198 Å². The highest BCUT2D eigenvalue weighted by Gasteiger charge is 2.22. The van der Waals surface area contributed by atoms with E-state index < -0.39 is 18.1 Å². The topological polar surface area (TPSA) is 108 Å². The summed E-state index contributed by atoms with van der Waals surface area (Å²) in [5, 5.41) is 13.8. The Morgan fingerprint density at radius 1 is 1.06 bits per heavy atom. The Bertz CT molecular complexity index is 1160. The van der Waals surface area contributed by atoms with Crippen LogP contribution in [0.25, 0.3) is 10.9 Å². The van der Waals surface area contributed by atoms with Crippen molar-refractivity contribution in [2.75, 3.05) is 37.4 Å². The molecule has 0 saturated carbocycles. The Hall–Kier alpha value is -3.88. The SMILES string of the molecule is CN(C)C(=O)Oc1ccc(C[C@H](Nc2nc(N3CCCCC3)nc3ccccc23)C(=O)O)cc1. The minimum atomic E-state index is -0.981. The lowest BCUT2D eigenvalue weighted by atomic mass is 10.1. The van der Waals surface area contributed by atoms with Crippen molar-refractivity contribution in [2.45, 2.75) is 31.7 Å². The molecule has 178 valence electrons. The van der Waals surface area contributed by atoms with Crippen LogP contribution in [-0.2, 0) is 11.2 Å². The molecule has 2 heterocycles. The van der Waals surface area contributed by atoms with E-state index in [9.17, 15) is 14.7 Å². The second-order valence-electron chi connectivity index (χ2n) is 8.58. The van der Waals surface area contributed by atoms with Gasteiger partial charge in [-0.2, -0.15) is 4.98 Å². The summed E-state index contributed by atoms with van der Waals surface area (Å²) in [5.41, 5.74) is 1.57. The first-order valence-corrected chi connectivity index (χ1v) is 11.4. The van der Waals surface area contributed by atoms with Gasteiger partial charge in [-0.05, 0) is 49.1 Å². The molecule has 1 aliphatic heterocycles. The third-order valence-electron chi connectivity index (χ3n) is 5.77. The van der Waals surface area contributed by atoms with E-state index in [0.717, 1.165) is 42.4 Å². The van der Waals surface area contributed by atoms with Crippen LogP contribution in [0.3, 0.4) is 0 Å². The zero-order valence-corrected chi connectivity index (χ0v) is 19.4. The Morgan fingerprint density at radius 3 is 2.44 bits per heavy atom. The molecular formula is C25H29N5O4. The molecule has 9 heteroatoms. The largest absolute Gasteiger partial charge is 0.480 e. The van der Waals surface area contributed by atoms with Crippen LogP contribution in [0.1, 0.15) is 24.8 Å². The minimum absolute atomic E-state index is 0.231. The van der Waals surface area contributed by atoms with Gasteiger partial charge in [0.05, 0.1) is 5.52 Å². The molecule has 1 fully saturated rings. The molecular weight excluding hydrogens is 434 g/mol. The summed E-state index contributed by atoms with van der Waals surface area (Å²) in [5.74, 6) is 0.549. The zero-order chi connectivity index (χ0) is 24.1. The van der Waals surface area contributed by atoms with E-state index in [1.54, 1.807) is 38.4 Å². The number of anilines is 2. The number of carbonyl (C=O) groups excluding carboxylic acids is 1. The maximum absolute atomic E-state index is 12.1. The highest BCUT2D eigenvalue weighted by atomic mass is 16.6. The first-order chi connectivity index (χ1) is 16.4. The molecule has 0 unspecified atom stereocenters. The first-order valence-electron chi connectivity index (χ1n) is 11.4. The molecule has 2 aromatic carbocycles. The number of ether oxygens (including phenoxy) is 1. The van der Waals surface area contributed by atoms with Gasteiger partial charge in [0.1, 0.15) is 17.6 Å². The van der Waals surface area contributed by atoms with Crippen molar-refractivity contribution < 1.29 is 19.4 Å². The van der Waals surface area contributed by atoms with Crippen LogP contribution in [0, 0.1) is 0 Å².